The predicted octanol–water partition coefficient (Wildman–Crippen LogP) is 5.61. The molecule has 0 unspecified atom stereocenters. The van der Waals surface area contributed by atoms with Gasteiger partial charge in [0.2, 0.25) is 0 Å². The third kappa shape index (κ3) is 13.4. The first kappa shape index (κ1) is 32.0. The molecule has 0 atom stereocenters. The maximum absolute atomic E-state index is 12.0. The van der Waals surface area contributed by atoms with E-state index in [9.17, 15) is 13.6 Å². The highest BCUT2D eigenvalue weighted by Crippen LogP contribution is 2.16. The van der Waals surface area contributed by atoms with Gasteiger partial charge in [-0.3, -0.25) is 0 Å². The van der Waals surface area contributed by atoms with Crippen LogP contribution >= 0.6 is 0 Å². The molecule has 0 aliphatic heterocycles. The maximum Gasteiger partial charge on any atom is 0.333 e. The molecule has 8 N–H and O–H groups in total. The molecule has 4 rings (SSSR count). The monoisotopic (exact) mass is 564 g/mol. The van der Waals surface area contributed by atoms with Crippen molar-refractivity contribution in [2.24, 2.45) is 0 Å². The minimum Gasteiger partial charge on any atom is -0.490 e. The second kappa shape index (κ2) is 16.7. The van der Waals surface area contributed by atoms with Gasteiger partial charge in [0.25, 0.3) is 0 Å². The van der Waals surface area contributed by atoms with Gasteiger partial charge >= 0.3 is 5.97 Å². The molecule has 0 spiro atoms. The normalized spacial score (nSPS) is 9.85. The fraction of sp³-hybridized carbons (Fsp3) is 0.129. The molecule has 0 radical (unpaired) electrons. The number of nitrogens with two attached hydrogens (primary N) is 4. The summed E-state index contributed by atoms with van der Waals surface area (Å²) in [6.45, 7) is 5.44. The van der Waals surface area contributed by atoms with Crippen LogP contribution in [0.1, 0.15) is 6.92 Å². The first-order valence-electron chi connectivity index (χ1n) is 12.4. The van der Waals surface area contributed by atoms with E-state index < -0.39 is 12.1 Å². The Kier molecular flexibility index (Phi) is 13.0. The SMILES string of the molecule is C=C(C)C(=O)OC(COc1ccc(N)cc1)COc1ccc(N)cc1.Nc1ccc(F)cc1.Nc1ccc(F)cc1. The van der Waals surface area contributed by atoms with E-state index in [4.69, 9.17) is 37.1 Å². The molecule has 216 valence electrons. The lowest BCUT2D eigenvalue weighted by Gasteiger charge is -2.19. The van der Waals surface area contributed by atoms with Crippen LogP contribution in [0.15, 0.2) is 109 Å². The number of anilines is 4. The minimum absolute atomic E-state index is 0.137. The van der Waals surface area contributed by atoms with Crippen molar-refractivity contribution in [2.75, 3.05) is 36.1 Å². The number of ether oxygens (including phenoxy) is 3. The minimum atomic E-state index is -0.598. The number of nitrogen functional groups attached to an aromatic ring is 4. The van der Waals surface area contributed by atoms with Crippen molar-refractivity contribution in [3.63, 3.8) is 0 Å². The summed E-state index contributed by atoms with van der Waals surface area (Å²) in [4.78, 5) is 11.8. The van der Waals surface area contributed by atoms with Crippen molar-refractivity contribution in [3.8, 4) is 11.5 Å². The lowest BCUT2D eigenvalue weighted by molar-refractivity contribution is -0.147. The molecule has 0 aliphatic carbocycles. The Morgan fingerprint density at radius 1 is 0.634 bits per heavy atom. The largest absolute Gasteiger partial charge is 0.490 e. The summed E-state index contributed by atoms with van der Waals surface area (Å²) < 4.78 is 40.7. The molecule has 0 saturated carbocycles. The van der Waals surface area contributed by atoms with E-state index in [0.717, 1.165) is 0 Å². The van der Waals surface area contributed by atoms with Gasteiger partial charge in [0, 0.05) is 28.3 Å². The number of carbonyl (C=O) groups excluding carboxylic acids is 1. The maximum atomic E-state index is 12.0. The fourth-order valence-electron chi connectivity index (χ4n) is 2.80. The summed E-state index contributed by atoms with van der Waals surface area (Å²) in [6, 6.07) is 25.3. The van der Waals surface area contributed by atoms with Crippen LogP contribution in [0.4, 0.5) is 31.5 Å². The van der Waals surface area contributed by atoms with Crippen molar-refractivity contribution in [1.29, 1.82) is 0 Å². The number of esters is 1. The molecule has 0 saturated heterocycles. The van der Waals surface area contributed by atoms with Crippen LogP contribution in [0.25, 0.3) is 0 Å². The third-order valence-corrected chi connectivity index (χ3v) is 4.99. The average Bonchev–Trinajstić information content (AvgIpc) is 2.95. The molecular weight excluding hydrogens is 530 g/mol. The van der Waals surface area contributed by atoms with Crippen LogP contribution < -0.4 is 32.4 Å². The zero-order valence-electron chi connectivity index (χ0n) is 22.6. The van der Waals surface area contributed by atoms with Gasteiger partial charge in [0.15, 0.2) is 6.10 Å². The quantitative estimate of drug-likeness (QED) is 0.123. The van der Waals surface area contributed by atoms with E-state index in [1.165, 1.54) is 48.5 Å². The Morgan fingerprint density at radius 2 is 0.927 bits per heavy atom. The summed E-state index contributed by atoms with van der Waals surface area (Å²) >= 11 is 0. The molecule has 41 heavy (non-hydrogen) atoms. The first-order chi connectivity index (χ1) is 19.5. The van der Waals surface area contributed by atoms with Gasteiger partial charge in [0.05, 0.1) is 0 Å². The van der Waals surface area contributed by atoms with E-state index in [-0.39, 0.29) is 24.8 Å². The van der Waals surface area contributed by atoms with Gasteiger partial charge in [-0.25, -0.2) is 13.6 Å². The van der Waals surface area contributed by atoms with Gasteiger partial charge < -0.3 is 37.1 Å². The highest BCUT2D eigenvalue weighted by atomic mass is 19.1. The number of halogens is 2. The number of hydrogen-bond donors (Lipinski definition) is 4. The standard InChI is InChI=1S/C19H22N2O4.2C6H6FN/c1-13(2)19(22)25-18(11-23-16-7-3-14(20)4-8-16)12-24-17-9-5-15(21)6-10-17;2*7-5-1-3-6(8)4-2-5/h3-10,18H,1,11-12,20-21H2,2H3;2*1-4H,8H2. The fourth-order valence-corrected chi connectivity index (χ4v) is 2.80. The predicted molar refractivity (Wildman–Crippen MR) is 159 cm³/mol. The molecule has 0 bridgehead atoms. The molecule has 0 fully saturated rings. The lowest BCUT2D eigenvalue weighted by atomic mass is 10.3. The molecule has 0 heterocycles. The van der Waals surface area contributed by atoms with Crippen LogP contribution in [0, 0.1) is 11.6 Å². The Hall–Kier alpha value is -5.25. The van der Waals surface area contributed by atoms with Crippen molar-refractivity contribution in [1.82, 2.24) is 0 Å². The van der Waals surface area contributed by atoms with Crippen molar-refractivity contribution < 1.29 is 27.8 Å². The Morgan fingerprint density at radius 3 is 1.20 bits per heavy atom. The highest BCUT2D eigenvalue weighted by Gasteiger charge is 2.17. The smallest absolute Gasteiger partial charge is 0.333 e. The lowest BCUT2D eigenvalue weighted by Crippen LogP contribution is -2.31. The number of carbonyl (C=O) groups is 1. The first-order valence-corrected chi connectivity index (χ1v) is 12.4. The molecule has 0 aliphatic rings. The van der Waals surface area contributed by atoms with E-state index in [1.807, 2.05) is 0 Å². The second-order valence-electron chi connectivity index (χ2n) is 8.67. The van der Waals surface area contributed by atoms with Gasteiger partial charge in [-0.05, 0) is 104 Å². The topological polar surface area (TPSA) is 149 Å². The summed E-state index contributed by atoms with van der Waals surface area (Å²) in [5, 5.41) is 0. The van der Waals surface area contributed by atoms with Crippen molar-refractivity contribution in [2.45, 2.75) is 13.0 Å². The van der Waals surface area contributed by atoms with Gasteiger partial charge in [0.1, 0.15) is 36.3 Å². The van der Waals surface area contributed by atoms with Crippen molar-refractivity contribution >= 4 is 28.7 Å². The Balaban J connectivity index is 0.000000295. The molecular formula is C31H34F2N4O4. The average molecular weight is 565 g/mol. The van der Waals surface area contributed by atoms with E-state index >= 15 is 0 Å². The van der Waals surface area contributed by atoms with Gasteiger partial charge in [-0.15, -0.1) is 0 Å². The number of rotatable bonds is 8. The summed E-state index contributed by atoms with van der Waals surface area (Å²) in [7, 11) is 0. The zero-order valence-corrected chi connectivity index (χ0v) is 22.6. The molecule has 10 heteroatoms. The highest BCUT2D eigenvalue weighted by molar-refractivity contribution is 5.87. The Labute approximate surface area is 238 Å². The van der Waals surface area contributed by atoms with E-state index in [1.54, 1.807) is 55.5 Å². The van der Waals surface area contributed by atoms with Crippen LogP contribution in [-0.2, 0) is 9.53 Å². The third-order valence-electron chi connectivity index (χ3n) is 4.99. The van der Waals surface area contributed by atoms with Crippen LogP contribution in [0.2, 0.25) is 0 Å². The van der Waals surface area contributed by atoms with E-state index in [2.05, 4.69) is 6.58 Å². The number of hydrogen-bond acceptors (Lipinski definition) is 8. The van der Waals surface area contributed by atoms with Gasteiger partial charge in [-0.1, -0.05) is 6.58 Å². The Bertz CT molecular complexity index is 1210. The summed E-state index contributed by atoms with van der Waals surface area (Å²) in [6.07, 6.45) is -0.598. The molecule has 4 aromatic carbocycles. The molecule has 4 aromatic rings. The molecule has 0 amide bonds. The second-order valence-corrected chi connectivity index (χ2v) is 8.67. The molecule has 0 aromatic heterocycles. The van der Waals surface area contributed by atoms with E-state index in [0.29, 0.717) is 39.8 Å². The summed E-state index contributed by atoms with van der Waals surface area (Å²) in [5.74, 6) is 0.251. The summed E-state index contributed by atoms with van der Waals surface area (Å²) in [5.41, 5.74) is 24.6. The van der Waals surface area contributed by atoms with Crippen LogP contribution in [0.5, 0.6) is 11.5 Å². The zero-order chi connectivity index (χ0) is 30.2. The molecule has 8 nitrogen and oxygen atoms in total. The number of benzene rings is 4. The van der Waals surface area contributed by atoms with Crippen molar-refractivity contribution in [3.05, 3.63) is 121 Å². The van der Waals surface area contributed by atoms with Crippen LogP contribution in [0.3, 0.4) is 0 Å². The van der Waals surface area contributed by atoms with Gasteiger partial charge in [-0.2, -0.15) is 0 Å². The van der Waals surface area contributed by atoms with Crippen LogP contribution in [-0.4, -0.2) is 25.3 Å².